The molecule has 1 heterocycles. The number of fused-ring (bicyclic) bond motifs is 1. The van der Waals surface area contributed by atoms with Gasteiger partial charge in [-0.15, -0.1) is 0 Å². The summed E-state index contributed by atoms with van der Waals surface area (Å²) in [7, 11) is 1.65. The second kappa shape index (κ2) is 19.7. The van der Waals surface area contributed by atoms with Crippen LogP contribution in [0.4, 0.5) is 10.1 Å². The van der Waals surface area contributed by atoms with Gasteiger partial charge in [-0.2, -0.15) is 0 Å². The summed E-state index contributed by atoms with van der Waals surface area (Å²) in [5.74, 6) is 1.74. The Hall–Kier alpha value is -2.47. The molecule has 43 heavy (non-hydrogen) atoms. The molecule has 0 amide bonds. The van der Waals surface area contributed by atoms with Crippen molar-refractivity contribution in [2.24, 2.45) is 0 Å². The Kier molecular flexibility index (Phi) is 16.1. The number of methoxy groups -OCH3 is 1. The summed E-state index contributed by atoms with van der Waals surface area (Å²) >= 11 is 3.22. The Morgan fingerprint density at radius 1 is 1.05 bits per heavy atom. The lowest BCUT2D eigenvalue weighted by Crippen LogP contribution is -2.21. The summed E-state index contributed by atoms with van der Waals surface area (Å²) in [6.45, 7) is 8.45. The van der Waals surface area contributed by atoms with E-state index < -0.39 is 6.67 Å². The van der Waals surface area contributed by atoms with Crippen LogP contribution in [0.25, 0.3) is 0 Å². The second-order valence-corrected chi connectivity index (χ2v) is 11.9. The number of halogens is 1. The number of ether oxygens (including phenoxy) is 4. The second-order valence-electron chi connectivity index (χ2n) is 9.68. The van der Waals surface area contributed by atoms with Crippen LogP contribution >= 0.6 is 23.5 Å². The van der Waals surface area contributed by atoms with Gasteiger partial charge in [0.2, 0.25) is 0 Å². The molecule has 1 aliphatic heterocycles. The monoisotopic (exact) mass is 633 g/mol. The van der Waals surface area contributed by atoms with Gasteiger partial charge >= 0.3 is 0 Å². The summed E-state index contributed by atoms with van der Waals surface area (Å²) in [6, 6.07) is 11.9. The van der Waals surface area contributed by atoms with Crippen LogP contribution in [0.1, 0.15) is 37.7 Å². The van der Waals surface area contributed by atoms with E-state index in [0.29, 0.717) is 44.6 Å². The summed E-state index contributed by atoms with van der Waals surface area (Å²) in [5.41, 5.74) is 2.23. The van der Waals surface area contributed by atoms with Crippen LogP contribution in [-0.2, 0) is 9.47 Å². The Bertz CT molecular complexity index is 1210. The zero-order chi connectivity index (χ0) is 30.9. The molecule has 1 aliphatic rings. The van der Waals surface area contributed by atoms with Crippen molar-refractivity contribution in [2.75, 3.05) is 71.5 Å². The highest BCUT2D eigenvalue weighted by atomic mass is 32.2. The molecule has 0 aliphatic carbocycles. The molecule has 2 N–H and O–H groups in total. The zero-order valence-electron chi connectivity index (χ0n) is 25.1. The van der Waals surface area contributed by atoms with Crippen LogP contribution in [0.5, 0.6) is 11.5 Å². The first kappa shape index (κ1) is 35.0. The van der Waals surface area contributed by atoms with Crippen LogP contribution in [0.2, 0.25) is 0 Å². The molecule has 10 heteroatoms. The van der Waals surface area contributed by atoms with Crippen LogP contribution in [-0.4, -0.2) is 76.8 Å². The lowest BCUT2D eigenvalue weighted by Gasteiger charge is -2.20. The highest BCUT2D eigenvalue weighted by molar-refractivity contribution is 8.03. The number of rotatable bonds is 21. The van der Waals surface area contributed by atoms with Crippen molar-refractivity contribution >= 4 is 29.2 Å². The molecule has 0 spiro atoms. The van der Waals surface area contributed by atoms with Crippen molar-refractivity contribution in [3.63, 3.8) is 0 Å². The van der Waals surface area contributed by atoms with E-state index in [1.54, 1.807) is 30.6 Å². The molecule has 0 saturated heterocycles. The molecule has 0 fully saturated rings. The number of benzene rings is 2. The summed E-state index contributed by atoms with van der Waals surface area (Å²) < 4.78 is 34.7. The van der Waals surface area contributed by atoms with E-state index in [-0.39, 0.29) is 19.8 Å². The van der Waals surface area contributed by atoms with E-state index in [4.69, 9.17) is 24.1 Å². The number of hydrogen-bond acceptors (Lipinski definition) is 9. The maximum atomic E-state index is 12.8. The van der Waals surface area contributed by atoms with Crippen LogP contribution < -0.4 is 14.4 Å². The van der Waals surface area contributed by atoms with Crippen LogP contribution in [0, 0.1) is 0 Å². The number of alkyl halides is 1. The largest absolute Gasteiger partial charge is 0.497 e. The van der Waals surface area contributed by atoms with E-state index in [1.165, 1.54) is 5.56 Å². The van der Waals surface area contributed by atoms with Crippen molar-refractivity contribution in [2.45, 2.75) is 41.9 Å². The third-order valence-electron chi connectivity index (χ3n) is 6.74. The van der Waals surface area contributed by atoms with Crippen molar-refractivity contribution in [1.82, 2.24) is 0 Å². The number of aliphatic hydroxyl groups excluding tert-OH is 2. The molecule has 1 atom stereocenters. The third kappa shape index (κ3) is 11.2. The molecule has 2 aromatic carbocycles. The van der Waals surface area contributed by atoms with Gasteiger partial charge in [-0.25, -0.2) is 4.39 Å². The predicted molar refractivity (Wildman–Crippen MR) is 174 cm³/mol. The first-order valence-corrected chi connectivity index (χ1v) is 16.3. The standard InChI is InChI=1S/C33H44FNO6S2/c1-4-26(8-6-18-39-21-22-40-20-17-37)29-12-10-28(41-19-14-34)24-32(29)42-25(2)7-5-9-33-35(15-16-36)30-23-27(38-3)11-13-31(30)43-33/h5,7,9-13,23-24,26,36-37H,2,4,6,8,14-22H2,1,3H3. The normalized spacial score (nSPS) is 14.4. The molecule has 2 aromatic rings. The van der Waals surface area contributed by atoms with Crippen molar-refractivity contribution in [3.05, 3.63) is 76.7 Å². The minimum Gasteiger partial charge on any atom is -0.497 e. The van der Waals surface area contributed by atoms with Crippen molar-refractivity contribution in [3.8, 4) is 11.5 Å². The van der Waals surface area contributed by atoms with Gasteiger partial charge in [0, 0.05) is 33.9 Å². The molecule has 7 nitrogen and oxygen atoms in total. The molecular formula is C33H44FNO6S2. The predicted octanol–water partition coefficient (Wildman–Crippen LogP) is 6.95. The van der Waals surface area contributed by atoms with E-state index in [1.807, 2.05) is 48.6 Å². The van der Waals surface area contributed by atoms with Gasteiger partial charge in [-0.05, 0) is 67.2 Å². The molecule has 0 saturated carbocycles. The molecule has 236 valence electrons. The SMILES string of the molecule is C=C(C=CC=C1Sc2ccc(OC)cc2N1CCO)Sc1cc(OCCF)ccc1C(CC)CCCOCCOCCO. The highest BCUT2D eigenvalue weighted by Crippen LogP contribution is 2.47. The topological polar surface area (TPSA) is 80.6 Å². The number of aliphatic hydroxyl groups is 2. The Labute approximate surface area is 263 Å². The maximum absolute atomic E-state index is 12.8. The fourth-order valence-electron chi connectivity index (χ4n) is 4.66. The zero-order valence-corrected chi connectivity index (χ0v) is 26.8. The van der Waals surface area contributed by atoms with Gasteiger partial charge in [0.25, 0.3) is 0 Å². The maximum Gasteiger partial charge on any atom is 0.123 e. The lowest BCUT2D eigenvalue weighted by atomic mass is 9.92. The van der Waals surface area contributed by atoms with Crippen molar-refractivity contribution in [1.29, 1.82) is 0 Å². The Balaban J connectivity index is 1.68. The highest BCUT2D eigenvalue weighted by Gasteiger charge is 2.25. The fourth-order valence-corrected chi connectivity index (χ4v) is 6.70. The minimum atomic E-state index is -0.543. The van der Waals surface area contributed by atoms with Crippen molar-refractivity contribution < 1.29 is 33.6 Å². The number of nitrogens with zero attached hydrogens (tertiary/aromatic N) is 1. The number of β-amino-alcohol motifs (C(OH)–C–C–N with tert-alkyl or cyclic N) is 1. The van der Waals surface area contributed by atoms with Gasteiger partial charge in [0.05, 0.1) is 50.9 Å². The number of hydrogen-bond donors (Lipinski definition) is 2. The lowest BCUT2D eigenvalue weighted by molar-refractivity contribution is 0.0318. The average molecular weight is 634 g/mol. The molecule has 1 unspecified atom stereocenters. The van der Waals surface area contributed by atoms with Gasteiger partial charge in [-0.3, -0.25) is 0 Å². The Morgan fingerprint density at radius 2 is 1.84 bits per heavy atom. The number of anilines is 1. The fraction of sp³-hybridized carbons (Fsp3) is 0.455. The van der Waals surface area contributed by atoms with E-state index >= 15 is 0 Å². The molecule has 0 bridgehead atoms. The van der Waals surface area contributed by atoms with E-state index in [0.717, 1.165) is 50.4 Å². The summed E-state index contributed by atoms with van der Waals surface area (Å²) in [6.07, 6.45) is 8.83. The van der Waals surface area contributed by atoms with Crippen LogP contribution in [0.3, 0.4) is 0 Å². The minimum absolute atomic E-state index is 0.0170. The van der Waals surface area contributed by atoms with E-state index in [2.05, 4.69) is 24.5 Å². The van der Waals surface area contributed by atoms with Gasteiger partial charge in [-0.1, -0.05) is 49.2 Å². The number of allylic oxidation sites excluding steroid dienone is 3. The number of thioether (sulfide) groups is 2. The quantitative estimate of drug-likeness (QED) is 0.0862. The van der Waals surface area contributed by atoms with E-state index in [9.17, 15) is 9.50 Å². The average Bonchev–Trinajstić information content (AvgIpc) is 3.36. The van der Waals surface area contributed by atoms with Gasteiger partial charge in [0.15, 0.2) is 0 Å². The molecule has 0 aromatic heterocycles. The third-order valence-corrected chi connectivity index (χ3v) is 8.84. The summed E-state index contributed by atoms with van der Waals surface area (Å²) in [4.78, 5) is 5.10. The van der Waals surface area contributed by atoms with Gasteiger partial charge < -0.3 is 34.1 Å². The molecule has 3 rings (SSSR count). The summed E-state index contributed by atoms with van der Waals surface area (Å²) in [5, 5.41) is 19.5. The Morgan fingerprint density at radius 3 is 2.56 bits per heavy atom. The van der Waals surface area contributed by atoms with Crippen LogP contribution in [0.15, 0.2) is 80.9 Å². The smallest absolute Gasteiger partial charge is 0.123 e. The molecular weight excluding hydrogens is 589 g/mol. The first-order valence-electron chi connectivity index (χ1n) is 14.6. The molecule has 0 radical (unpaired) electrons. The van der Waals surface area contributed by atoms with Gasteiger partial charge in [0.1, 0.15) is 24.8 Å². The first-order chi connectivity index (χ1) is 21.0.